The summed E-state index contributed by atoms with van der Waals surface area (Å²) in [5.74, 6) is 0. The van der Waals surface area contributed by atoms with E-state index in [1.807, 2.05) is 6.92 Å². The maximum atomic E-state index is 5.19. The van der Waals surface area contributed by atoms with E-state index in [-0.39, 0.29) is 12.1 Å². The van der Waals surface area contributed by atoms with Crippen LogP contribution >= 0.6 is 12.2 Å². The molecule has 0 bridgehead atoms. The molecule has 0 saturated heterocycles. The Morgan fingerprint density at radius 2 is 1.81 bits per heavy atom. The number of methoxy groups -OCH3 is 3. The molecule has 0 radical (unpaired) electrons. The fourth-order valence-electron chi connectivity index (χ4n) is 1.17. The molecule has 0 fully saturated rings. The molecule has 0 aromatic rings. The smallest absolute Gasteiger partial charge is 0.166 e. The van der Waals surface area contributed by atoms with Crippen LogP contribution in [-0.2, 0) is 14.2 Å². The van der Waals surface area contributed by atoms with E-state index in [1.165, 1.54) is 0 Å². The molecule has 0 amide bonds. The zero-order valence-electron chi connectivity index (χ0n) is 10.4. The average molecular weight is 250 g/mol. The number of hydrogen-bond donors (Lipinski definition) is 2. The first-order valence-electron chi connectivity index (χ1n) is 5.19. The van der Waals surface area contributed by atoms with E-state index < -0.39 is 0 Å². The highest BCUT2D eigenvalue weighted by Gasteiger charge is 2.08. The van der Waals surface area contributed by atoms with Crippen LogP contribution < -0.4 is 10.6 Å². The van der Waals surface area contributed by atoms with Crippen LogP contribution in [-0.4, -0.2) is 58.3 Å². The standard InChI is InChI=1S/C10H22N2O3S/c1-8(6-13-2)12-10(16)11-5-9(15-4)7-14-3/h8-9H,5-7H2,1-4H3,(H2,11,12,16). The summed E-state index contributed by atoms with van der Waals surface area (Å²) in [5.41, 5.74) is 0. The molecule has 2 unspecified atom stereocenters. The second-order valence-corrected chi connectivity index (χ2v) is 3.93. The molecule has 0 aliphatic heterocycles. The first-order valence-corrected chi connectivity index (χ1v) is 5.59. The fourth-order valence-corrected chi connectivity index (χ4v) is 1.45. The van der Waals surface area contributed by atoms with Crippen LogP contribution in [0.3, 0.4) is 0 Å². The summed E-state index contributed by atoms with van der Waals surface area (Å²) in [6.07, 6.45) is 0.00230. The number of thiocarbonyl (C=S) groups is 1. The SMILES string of the molecule is COCC(C)NC(=S)NCC(COC)OC. The van der Waals surface area contributed by atoms with Gasteiger partial charge in [0.2, 0.25) is 0 Å². The Labute approximate surface area is 103 Å². The lowest BCUT2D eigenvalue weighted by Gasteiger charge is -2.19. The minimum absolute atomic E-state index is 0.00230. The maximum absolute atomic E-state index is 5.19. The van der Waals surface area contributed by atoms with Crippen LogP contribution in [0.2, 0.25) is 0 Å². The Balaban J connectivity index is 3.70. The molecule has 0 saturated carbocycles. The highest BCUT2D eigenvalue weighted by molar-refractivity contribution is 7.80. The predicted octanol–water partition coefficient (Wildman–Crippen LogP) is 0.147. The van der Waals surface area contributed by atoms with Gasteiger partial charge in [-0.1, -0.05) is 0 Å². The molecule has 0 heterocycles. The molecule has 0 aliphatic carbocycles. The molecule has 6 heteroatoms. The van der Waals surface area contributed by atoms with Crippen LogP contribution in [0.15, 0.2) is 0 Å². The summed E-state index contributed by atoms with van der Waals surface area (Å²) >= 11 is 5.12. The third-order valence-electron chi connectivity index (χ3n) is 1.97. The highest BCUT2D eigenvalue weighted by Crippen LogP contribution is 1.89. The third-order valence-corrected chi connectivity index (χ3v) is 2.23. The van der Waals surface area contributed by atoms with Crippen LogP contribution in [0.4, 0.5) is 0 Å². The lowest BCUT2D eigenvalue weighted by atomic mass is 10.3. The third kappa shape index (κ3) is 7.81. The van der Waals surface area contributed by atoms with Gasteiger partial charge in [-0.15, -0.1) is 0 Å². The van der Waals surface area contributed by atoms with Gasteiger partial charge >= 0.3 is 0 Å². The van der Waals surface area contributed by atoms with Crippen LogP contribution in [0, 0.1) is 0 Å². The molecular weight excluding hydrogens is 228 g/mol. The number of ether oxygens (including phenoxy) is 3. The number of hydrogen-bond acceptors (Lipinski definition) is 4. The first kappa shape index (κ1) is 15.6. The zero-order valence-corrected chi connectivity index (χ0v) is 11.2. The second-order valence-electron chi connectivity index (χ2n) is 3.52. The quantitative estimate of drug-likeness (QED) is 0.598. The van der Waals surface area contributed by atoms with E-state index in [0.717, 1.165) is 0 Å². The lowest BCUT2D eigenvalue weighted by Crippen LogP contribution is -2.45. The van der Waals surface area contributed by atoms with E-state index in [2.05, 4.69) is 10.6 Å². The van der Waals surface area contributed by atoms with Crippen LogP contribution in [0.25, 0.3) is 0 Å². The molecule has 0 aliphatic rings. The van der Waals surface area contributed by atoms with Gasteiger partial charge < -0.3 is 24.8 Å². The van der Waals surface area contributed by atoms with Gasteiger partial charge in [0.15, 0.2) is 5.11 Å². The van der Waals surface area contributed by atoms with Crippen molar-refractivity contribution in [3.8, 4) is 0 Å². The lowest BCUT2D eigenvalue weighted by molar-refractivity contribution is 0.0314. The van der Waals surface area contributed by atoms with Crippen molar-refractivity contribution in [2.45, 2.75) is 19.1 Å². The molecule has 0 rings (SSSR count). The Kier molecular flexibility index (Phi) is 9.51. The average Bonchev–Trinajstić information content (AvgIpc) is 2.24. The summed E-state index contributed by atoms with van der Waals surface area (Å²) < 4.78 is 15.2. The Bertz CT molecular complexity index is 193. The zero-order chi connectivity index (χ0) is 12.4. The topological polar surface area (TPSA) is 51.8 Å². The fraction of sp³-hybridized carbons (Fsp3) is 0.900. The van der Waals surface area contributed by atoms with Crippen molar-refractivity contribution >= 4 is 17.3 Å². The van der Waals surface area contributed by atoms with Gasteiger partial charge in [-0.3, -0.25) is 0 Å². The summed E-state index contributed by atoms with van der Waals surface area (Å²) in [6, 6.07) is 0.188. The summed E-state index contributed by atoms with van der Waals surface area (Å²) in [5, 5.41) is 6.77. The van der Waals surface area contributed by atoms with Gasteiger partial charge in [-0.2, -0.15) is 0 Å². The van der Waals surface area contributed by atoms with Gasteiger partial charge in [-0.05, 0) is 19.1 Å². The van der Waals surface area contributed by atoms with Gasteiger partial charge in [0.25, 0.3) is 0 Å². The molecule has 0 aromatic heterocycles. The van der Waals surface area contributed by atoms with Crippen LogP contribution in [0.5, 0.6) is 0 Å². The Hall–Kier alpha value is -0.430. The largest absolute Gasteiger partial charge is 0.383 e. The van der Waals surface area contributed by atoms with Gasteiger partial charge in [0.1, 0.15) is 0 Å². The maximum Gasteiger partial charge on any atom is 0.166 e. The van der Waals surface area contributed by atoms with Gasteiger partial charge in [0, 0.05) is 33.9 Å². The summed E-state index contributed by atoms with van der Waals surface area (Å²) in [4.78, 5) is 0. The van der Waals surface area contributed by atoms with Crippen molar-refractivity contribution < 1.29 is 14.2 Å². The summed E-state index contributed by atoms with van der Waals surface area (Å²) in [6.45, 7) is 3.78. The van der Waals surface area contributed by atoms with Crippen molar-refractivity contribution in [3.05, 3.63) is 0 Å². The second kappa shape index (κ2) is 9.77. The van der Waals surface area contributed by atoms with Gasteiger partial charge in [-0.25, -0.2) is 0 Å². The van der Waals surface area contributed by atoms with Crippen molar-refractivity contribution in [2.75, 3.05) is 41.1 Å². The molecule has 5 nitrogen and oxygen atoms in total. The van der Waals surface area contributed by atoms with E-state index in [0.29, 0.717) is 24.9 Å². The molecule has 0 aromatic carbocycles. The van der Waals surface area contributed by atoms with Crippen molar-refractivity contribution in [2.24, 2.45) is 0 Å². The monoisotopic (exact) mass is 250 g/mol. The van der Waals surface area contributed by atoms with E-state index in [4.69, 9.17) is 26.4 Å². The molecule has 2 atom stereocenters. The number of nitrogens with one attached hydrogen (secondary N) is 2. The molecule has 2 N–H and O–H groups in total. The molecule has 96 valence electrons. The van der Waals surface area contributed by atoms with Crippen molar-refractivity contribution in [1.29, 1.82) is 0 Å². The van der Waals surface area contributed by atoms with E-state index in [1.54, 1.807) is 21.3 Å². The van der Waals surface area contributed by atoms with E-state index >= 15 is 0 Å². The van der Waals surface area contributed by atoms with Gasteiger partial charge in [0.05, 0.1) is 19.3 Å². The normalized spacial score (nSPS) is 14.2. The van der Waals surface area contributed by atoms with Crippen LogP contribution in [0.1, 0.15) is 6.92 Å². The first-order chi connectivity index (χ1) is 7.63. The highest BCUT2D eigenvalue weighted by atomic mass is 32.1. The number of rotatable bonds is 8. The van der Waals surface area contributed by atoms with E-state index in [9.17, 15) is 0 Å². The Morgan fingerprint density at radius 1 is 1.19 bits per heavy atom. The van der Waals surface area contributed by atoms with Crippen molar-refractivity contribution in [1.82, 2.24) is 10.6 Å². The summed E-state index contributed by atoms with van der Waals surface area (Å²) in [7, 11) is 4.95. The van der Waals surface area contributed by atoms with Crippen molar-refractivity contribution in [3.63, 3.8) is 0 Å². The molecule has 16 heavy (non-hydrogen) atoms. The minimum atomic E-state index is 0.00230. The molecule has 0 spiro atoms. The predicted molar refractivity (Wildman–Crippen MR) is 67.7 cm³/mol. The Morgan fingerprint density at radius 3 is 2.31 bits per heavy atom. The molecular formula is C10H22N2O3S. The minimum Gasteiger partial charge on any atom is -0.383 e.